The van der Waals surface area contributed by atoms with Gasteiger partial charge in [0, 0.05) is 21.9 Å². The van der Waals surface area contributed by atoms with Gasteiger partial charge in [-0.2, -0.15) is 0 Å². The van der Waals surface area contributed by atoms with Gasteiger partial charge >= 0.3 is 0 Å². The summed E-state index contributed by atoms with van der Waals surface area (Å²) in [6.45, 7) is 0. The Hall–Kier alpha value is -6.18. The number of hydrogen-bond acceptors (Lipinski definition) is 0. The molecule has 1 nitrogen and oxygen atoms in total. The standard InChI is InChI=1S/C46H27N/c1-2-13-33-32(12-1)38-18-8-17-37-31(23-24-39(33)45(37)38)30-11-7-10-28(26-30)29-22-25-44-42(27-29)35-15-4-3-14-34(35)40-19-9-20-41-36-16-5-6-21-43(36)47(44)46(40)41/h1-27H. The van der Waals surface area contributed by atoms with Gasteiger partial charge in [-0.25, -0.2) is 0 Å². The molecule has 0 spiro atoms. The smallest absolute Gasteiger partial charge is 0.0619 e. The maximum atomic E-state index is 2.49. The molecule has 0 saturated heterocycles. The lowest BCUT2D eigenvalue weighted by Gasteiger charge is -2.15. The number of hydrogen-bond donors (Lipinski definition) is 0. The zero-order valence-electron chi connectivity index (χ0n) is 25.5. The van der Waals surface area contributed by atoms with Gasteiger partial charge in [-0.1, -0.05) is 140 Å². The van der Waals surface area contributed by atoms with Gasteiger partial charge in [0.25, 0.3) is 0 Å². The highest BCUT2D eigenvalue weighted by atomic mass is 15.0. The Morgan fingerprint density at radius 2 is 0.851 bits per heavy atom. The van der Waals surface area contributed by atoms with Crippen LogP contribution in [0.1, 0.15) is 0 Å². The van der Waals surface area contributed by atoms with E-state index in [1.807, 2.05) is 0 Å². The normalized spacial score (nSPS) is 12.3. The summed E-state index contributed by atoms with van der Waals surface area (Å²) in [5, 5.41) is 5.26. The molecule has 2 heterocycles. The zero-order valence-corrected chi connectivity index (χ0v) is 25.5. The highest BCUT2D eigenvalue weighted by Gasteiger charge is 2.25. The molecule has 0 unspecified atom stereocenters. The molecule has 2 aliphatic rings. The van der Waals surface area contributed by atoms with Gasteiger partial charge in [-0.3, -0.25) is 0 Å². The van der Waals surface area contributed by atoms with Crippen LogP contribution in [0.2, 0.25) is 0 Å². The highest BCUT2D eigenvalue weighted by Crippen LogP contribution is 2.50. The molecule has 216 valence electrons. The minimum Gasteiger partial charge on any atom is -0.308 e. The highest BCUT2D eigenvalue weighted by molar-refractivity contribution is 6.19. The molecular formula is C46H27N. The monoisotopic (exact) mass is 593 g/mol. The van der Waals surface area contributed by atoms with Crippen LogP contribution in [0.5, 0.6) is 0 Å². The second kappa shape index (κ2) is 9.19. The fourth-order valence-electron chi connectivity index (χ4n) is 8.49. The lowest BCUT2D eigenvalue weighted by molar-refractivity contribution is 1.19. The van der Waals surface area contributed by atoms with E-state index in [9.17, 15) is 0 Å². The molecular weight excluding hydrogens is 567 g/mol. The zero-order chi connectivity index (χ0) is 30.6. The number of para-hydroxylation sites is 2. The van der Waals surface area contributed by atoms with Crippen molar-refractivity contribution in [2.75, 3.05) is 0 Å². The molecule has 0 N–H and O–H groups in total. The molecule has 8 aromatic carbocycles. The Labute approximate surface area is 272 Å². The molecule has 0 fully saturated rings. The van der Waals surface area contributed by atoms with E-state index in [1.165, 1.54) is 105 Å². The molecule has 0 radical (unpaired) electrons. The van der Waals surface area contributed by atoms with E-state index in [2.05, 4.69) is 168 Å². The van der Waals surface area contributed by atoms with Crippen molar-refractivity contribution in [3.05, 3.63) is 164 Å². The number of rotatable bonds is 2. The first-order valence-electron chi connectivity index (χ1n) is 16.4. The van der Waals surface area contributed by atoms with Crippen LogP contribution in [0.25, 0.3) is 105 Å². The van der Waals surface area contributed by atoms with Crippen molar-refractivity contribution < 1.29 is 0 Å². The van der Waals surface area contributed by atoms with Crippen molar-refractivity contribution in [2.45, 2.75) is 0 Å². The van der Waals surface area contributed by atoms with Crippen molar-refractivity contribution in [2.24, 2.45) is 0 Å². The molecule has 0 saturated carbocycles. The summed E-state index contributed by atoms with van der Waals surface area (Å²) in [6.07, 6.45) is 0. The third-order valence-electron chi connectivity index (χ3n) is 10.5. The molecule has 1 aromatic heterocycles. The van der Waals surface area contributed by atoms with Gasteiger partial charge in [-0.15, -0.1) is 0 Å². The maximum Gasteiger partial charge on any atom is 0.0619 e. The summed E-state index contributed by atoms with van der Waals surface area (Å²) in [7, 11) is 0. The Morgan fingerprint density at radius 3 is 1.68 bits per heavy atom. The first-order valence-corrected chi connectivity index (χ1v) is 16.4. The number of nitrogens with zero attached hydrogens (tertiary/aromatic N) is 1. The van der Waals surface area contributed by atoms with Crippen LogP contribution < -0.4 is 0 Å². The molecule has 1 heteroatoms. The maximum absolute atomic E-state index is 2.49. The van der Waals surface area contributed by atoms with Crippen molar-refractivity contribution >= 4 is 32.6 Å². The molecule has 1 aliphatic heterocycles. The van der Waals surface area contributed by atoms with Crippen molar-refractivity contribution in [1.29, 1.82) is 0 Å². The average molecular weight is 594 g/mol. The van der Waals surface area contributed by atoms with Gasteiger partial charge in [0.15, 0.2) is 0 Å². The molecule has 0 bridgehead atoms. The SMILES string of the molecule is c1cc(-c2ccc3c(c2)-c2ccccc2-c2cccc4c5ccccc5n-3c24)cc(-c2ccc3c4c(cccc24)-c2ccccc2-3)c1. The first kappa shape index (κ1) is 25.1. The second-order valence-electron chi connectivity index (χ2n) is 12.8. The van der Waals surface area contributed by atoms with E-state index in [-0.39, 0.29) is 0 Å². The minimum absolute atomic E-state index is 1.22. The number of aromatic nitrogens is 1. The first-order chi connectivity index (χ1) is 23.3. The van der Waals surface area contributed by atoms with Crippen LogP contribution in [0.3, 0.4) is 0 Å². The van der Waals surface area contributed by atoms with Crippen molar-refractivity contribution in [1.82, 2.24) is 4.57 Å². The summed E-state index contributed by atoms with van der Waals surface area (Å²) in [4.78, 5) is 0. The van der Waals surface area contributed by atoms with E-state index in [0.29, 0.717) is 0 Å². The summed E-state index contributed by atoms with van der Waals surface area (Å²) in [5.74, 6) is 0. The van der Waals surface area contributed by atoms with Crippen molar-refractivity contribution in [3.8, 4) is 72.4 Å². The molecule has 0 atom stereocenters. The van der Waals surface area contributed by atoms with Crippen LogP contribution in [-0.2, 0) is 0 Å². The fraction of sp³-hybridized carbons (Fsp3) is 0. The Kier molecular flexibility index (Phi) is 4.90. The fourth-order valence-corrected chi connectivity index (χ4v) is 8.49. The van der Waals surface area contributed by atoms with Crippen LogP contribution >= 0.6 is 0 Å². The predicted octanol–water partition coefficient (Wildman–Crippen LogP) is 12.6. The number of benzene rings is 8. The third-order valence-corrected chi connectivity index (χ3v) is 10.5. The van der Waals surface area contributed by atoms with Crippen LogP contribution in [0.4, 0.5) is 0 Å². The van der Waals surface area contributed by atoms with E-state index in [4.69, 9.17) is 0 Å². The van der Waals surface area contributed by atoms with Gasteiger partial charge < -0.3 is 4.57 Å². The van der Waals surface area contributed by atoms with Gasteiger partial charge in [-0.05, 0) is 90.7 Å². The topological polar surface area (TPSA) is 4.93 Å². The lowest BCUT2D eigenvalue weighted by Crippen LogP contribution is -1.96. The predicted molar refractivity (Wildman–Crippen MR) is 198 cm³/mol. The van der Waals surface area contributed by atoms with E-state index >= 15 is 0 Å². The van der Waals surface area contributed by atoms with E-state index in [0.717, 1.165) is 0 Å². The average Bonchev–Trinajstić information content (AvgIpc) is 3.61. The van der Waals surface area contributed by atoms with Crippen LogP contribution in [0.15, 0.2) is 164 Å². The van der Waals surface area contributed by atoms with E-state index < -0.39 is 0 Å². The van der Waals surface area contributed by atoms with Crippen molar-refractivity contribution in [3.63, 3.8) is 0 Å². The molecule has 9 aromatic rings. The largest absolute Gasteiger partial charge is 0.308 e. The summed E-state index contributed by atoms with van der Waals surface area (Å²) in [6, 6.07) is 60.8. The van der Waals surface area contributed by atoms with Crippen LogP contribution in [-0.4, -0.2) is 4.57 Å². The Balaban J connectivity index is 1.12. The summed E-state index contributed by atoms with van der Waals surface area (Å²) >= 11 is 0. The minimum atomic E-state index is 1.22. The second-order valence-corrected chi connectivity index (χ2v) is 12.8. The van der Waals surface area contributed by atoms with Gasteiger partial charge in [0.2, 0.25) is 0 Å². The third kappa shape index (κ3) is 3.33. The molecule has 0 amide bonds. The molecule has 1 aliphatic carbocycles. The Bertz CT molecular complexity index is 2760. The van der Waals surface area contributed by atoms with Gasteiger partial charge in [0.1, 0.15) is 0 Å². The van der Waals surface area contributed by atoms with Crippen LogP contribution in [0, 0.1) is 0 Å². The Morgan fingerprint density at radius 1 is 0.298 bits per heavy atom. The summed E-state index contributed by atoms with van der Waals surface area (Å²) in [5.41, 5.74) is 19.1. The quantitative estimate of drug-likeness (QED) is 0.188. The van der Waals surface area contributed by atoms with E-state index in [1.54, 1.807) is 0 Å². The lowest BCUT2D eigenvalue weighted by atomic mass is 9.90. The summed E-state index contributed by atoms with van der Waals surface area (Å²) < 4.78 is 2.49. The van der Waals surface area contributed by atoms with Gasteiger partial charge in [0.05, 0.1) is 16.7 Å². The molecule has 11 rings (SSSR count). The number of fused-ring (bicyclic) bond motifs is 11. The molecule has 47 heavy (non-hydrogen) atoms.